The number of hydrogen-bond acceptors (Lipinski definition) is 9. The van der Waals surface area contributed by atoms with E-state index in [4.69, 9.17) is 19.2 Å². The number of aryl methyl sites for hydroxylation is 1. The Morgan fingerprint density at radius 2 is 1.75 bits per heavy atom. The van der Waals surface area contributed by atoms with Crippen molar-refractivity contribution in [3.63, 3.8) is 0 Å². The van der Waals surface area contributed by atoms with Crippen LogP contribution in [0.25, 0.3) is 28.2 Å². The van der Waals surface area contributed by atoms with Gasteiger partial charge in [-0.05, 0) is 30.5 Å². The molecule has 206 valence electrons. The predicted octanol–water partition coefficient (Wildman–Crippen LogP) is 4.50. The zero-order chi connectivity index (χ0) is 28.0. The van der Waals surface area contributed by atoms with Crippen molar-refractivity contribution in [2.45, 2.75) is 31.5 Å². The van der Waals surface area contributed by atoms with Gasteiger partial charge in [-0.15, -0.1) is 0 Å². The average Bonchev–Trinajstić information content (AvgIpc) is 3.59. The van der Waals surface area contributed by atoms with E-state index in [1.807, 2.05) is 7.05 Å². The summed E-state index contributed by atoms with van der Waals surface area (Å²) >= 11 is 0. The number of alkyl halides is 3. The van der Waals surface area contributed by atoms with Crippen molar-refractivity contribution in [3.8, 4) is 34.7 Å². The first kappa shape index (κ1) is 25.5. The minimum absolute atomic E-state index is 0.0330. The van der Waals surface area contributed by atoms with Crippen molar-refractivity contribution in [2.24, 2.45) is 7.05 Å². The van der Waals surface area contributed by atoms with Gasteiger partial charge in [0.05, 0.1) is 31.9 Å². The van der Waals surface area contributed by atoms with E-state index in [1.54, 1.807) is 35.2 Å². The molecule has 6 rings (SSSR count). The minimum atomic E-state index is -4.59. The van der Waals surface area contributed by atoms with Crippen molar-refractivity contribution in [2.75, 3.05) is 14.2 Å². The lowest BCUT2D eigenvalue weighted by atomic mass is 10.1. The highest BCUT2D eigenvalue weighted by atomic mass is 19.4. The number of benzene rings is 1. The Bertz CT molecular complexity index is 1690. The first-order valence-electron chi connectivity index (χ1n) is 12.3. The molecule has 0 amide bonds. The van der Waals surface area contributed by atoms with Gasteiger partial charge in [-0.2, -0.15) is 23.3 Å². The number of aromatic nitrogens is 8. The molecule has 1 fully saturated rings. The fraction of sp³-hybridized carbons (Fsp3) is 0.308. The van der Waals surface area contributed by atoms with Gasteiger partial charge in [0.2, 0.25) is 17.6 Å². The summed E-state index contributed by atoms with van der Waals surface area (Å²) in [4.78, 5) is 22.5. The number of hydrogen-bond donors (Lipinski definition) is 0. The summed E-state index contributed by atoms with van der Waals surface area (Å²) in [5, 5.41) is 3.65. The summed E-state index contributed by atoms with van der Waals surface area (Å²) in [6, 6.07) is 7.57. The van der Waals surface area contributed by atoms with E-state index < -0.39 is 11.9 Å². The Morgan fingerprint density at radius 3 is 2.42 bits per heavy atom. The molecule has 40 heavy (non-hydrogen) atoms. The van der Waals surface area contributed by atoms with E-state index >= 15 is 0 Å². The number of methoxy groups -OCH3 is 2. The Hall–Kier alpha value is -4.75. The Morgan fingerprint density at radius 1 is 0.975 bits per heavy atom. The van der Waals surface area contributed by atoms with E-state index in [2.05, 4.69) is 25.0 Å². The summed E-state index contributed by atoms with van der Waals surface area (Å²) in [7, 11) is 4.63. The van der Waals surface area contributed by atoms with Gasteiger partial charge in [0.25, 0.3) is 0 Å². The lowest BCUT2D eigenvalue weighted by molar-refractivity contribution is -0.141. The van der Waals surface area contributed by atoms with Crippen LogP contribution in [0.1, 0.15) is 35.7 Å². The maximum Gasteiger partial charge on any atom is 0.435 e. The van der Waals surface area contributed by atoms with Gasteiger partial charge in [0.15, 0.2) is 22.7 Å². The number of nitrogens with zero attached hydrogens (tertiary/aromatic N) is 8. The fourth-order valence-corrected chi connectivity index (χ4v) is 4.36. The Labute approximate surface area is 225 Å². The third kappa shape index (κ3) is 4.65. The molecule has 0 unspecified atom stereocenters. The molecule has 0 bridgehead atoms. The molecule has 0 radical (unpaired) electrons. The van der Waals surface area contributed by atoms with E-state index in [1.165, 1.54) is 20.5 Å². The summed E-state index contributed by atoms with van der Waals surface area (Å²) in [5.41, 5.74) is 2.59. The zero-order valence-corrected chi connectivity index (χ0v) is 21.7. The highest BCUT2D eigenvalue weighted by Crippen LogP contribution is 2.45. The van der Waals surface area contributed by atoms with Crippen molar-refractivity contribution in [1.29, 1.82) is 0 Å². The third-order valence-electron chi connectivity index (χ3n) is 6.50. The largest absolute Gasteiger partial charge is 0.481 e. The summed E-state index contributed by atoms with van der Waals surface area (Å²) < 4.78 is 59.0. The lowest BCUT2D eigenvalue weighted by Gasteiger charge is -2.13. The highest BCUT2D eigenvalue weighted by molar-refractivity contribution is 5.80. The van der Waals surface area contributed by atoms with Crippen molar-refractivity contribution in [1.82, 2.24) is 39.3 Å². The first-order valence-corrected chi connectivity index (χ1v) is 12.3. The average molecular weight is 553 g/mol. The first-order chi connectivity index (χ1) is 19.3. The molecule has 0 saturated heterocycles. The number of ether oxygens (including phenoxy) is 3. The van der Waals surface area contributed by atoms with Gasteiger partial charge < -0.3 is 18.8 Å². The molecule has 0 aliphatic heterocycles. The molecule has 1 aliphatic rings. The monoisotopic (exact) mass is 552 g/mol. The molecule has 4 aromatic heterocycles. The lowest BCUT2D eigenvalue weighted by Crippen LogP contribution is -2.07. The number of rotatable bonds is 8. The van der Waals surface area contributed by atoms with Gasteiger partial charge in [-0.3, -0.25) is 0 Å². The van der Waals surface area contributed by atoms with Crippen LogP contribution in [0.4, 0.5) is 13.2 Å². The maximum absolute atomic E-state index is 13.1. The van der Waals surface area contributed by atoms with E-state index in [9.17, 15) is 13.2 Å². The van der Waals surface area contributed by atoms with Crippen molar-refractivity contribution in [3.05, 3.63) is 59.9 Å². The van der Waals surface area contributed by atoms with Gasteiger partial charge in [-0.25, -0.2) is 24.6 Å². The molecule has 1 aliphatic carbocycles. The molecule has 1 saturated carbocycles. The predicted molar refractivity (Wildman–Crippen MR) is 135 cm³/mol. The smallest absolute Gasteiger partial charge is 0.435 e. The van der Waals surface area contributed by atoms with E-state index in [0.717, 1.165) is 34.8 Å². The molecule has 0 atom stereocenters. The second-order valence-electron chi connectivity index (χ2n) is 9.23. The molecule has 1 aromatic carbocycles. The Kier molecular flexibility index (Phi) is 6.24. The van der Waals surface area contributed by atoms with Gasteiger partial charge in [-0.1, -0.05) is 12.1 Å². The van der Waals surface area contributed by atoms with Crippen LogP contribution < -0.4 is 14.2 Å². The number of fused-ring (bicyclic) bond motifs is 1. The molecule has 5 aromatic rings. The van der Waals surface area contributed by atoms with Gasteiger partial charge in [0.1, 0.15) is 18.5 Å². The maximum atomic E-state index is 13.1. The van der Waals surface area contributed by atoms with Crippen LogP contribution in [0.5, 0.6) is 17.6 Å². The molecular formula is C26H23F3N8O3. The molecular weight excluding hydrogens is 529 g/mol. The molecule has 4 heterocycles. The van der Waals surface area contributed by atoms with Crippen LogP contribution in [-0.4, -0.2) is 53.5 Å². The van der Waals surface area contributed by atoms with Gasteiger partial charge >= 0.3 is 6.18 Å². The molecule has 14 heteroatoms. The quantitative estimate of drug-likeness (QED) is 0.274. The van der Waals surface area contributed by atoms with Crippen LogP contribution in [-0.2, 0) is 19.8 Å². The van der Waals surface area contributed by atoms with Crippen LogP contribution in [0.15, 0.2) is 43.0 Å². The number of halogens is 3. The van der Waals surface area contributed by atoms with Crippen LogP contribution in [0, 0.1) is 0 Å². The number of imidazole rings is 1. The van der Waals surface area contributed by atoms with Crippen molar-refractivity contribution < 1.29 is 27.4 Å². The van der Waals surface area contributed by atoms with Crippen LogP contribution in [0.3, 0.4) is 0 Å². The van der Waals surface area contributed by atoms with E-state index in [-0.39, 0.29) is 12.5 Å². The zero-order valence-electron chi connectivity index (χ0n) is 21.7. The second kappa shape index (κ2) is 9.77. The summed E-state index contributed by atoms with van der Waals surface area (Å²) in [5.74, 6) is 1.28. The summed E-state index contributed by atoms with van der Waals surface area (Å²) in [6.07, 6.45) is 0.535. The molecule has 11 nitrogen and oxygen atoms in total. The standard InChI is InChI=1S/C26H23F3N8O3/c1-36-13-32-23-21(36)25(34-22(33-23)19-20(15-6-7-15)30-12-31-24(19)39-3)40-11-14-4-8-16(9-5-14)37-18(38-2)10-17(35-37)26(27,28)29/h4-5,8-10,12-13,15H,6-7,11H2,1-3H3. The molecule has 0 N–H and O–H groups in total. The van der Waals surface area contributed by atoms with E-state index in [0.29, 0.717) is 45.9 Å². The van der Waals surface area contributed by atoms with Crippen LogP contribution >= 0.6 is 0 Å². The minimum Gasteiger partial charge on any atom is -0.481 e. The fourth-order valence-electron chi connectivity index (χ4n) is 4.36. The third-order valence-corrected chi connectivity index (χ3v) is 6.50. The van der Waals surface area contributed by atoms with Crippen LogP contribution in [0.2, 0.25) is 0 Å². The Balaban J connectivity index is 1.31. The molecule has 0 spiro atoms. The highest BCUT2D eigenvalue weighted by Gasteiger charge is 2.35. The van der Waals surface area contributed by atoms with Crippen molar-refractivity contribution >= 4 is 11.2 Å². The SMILES string of the molecule is COc1ncnc(C2CC2)c1-c1nc(OCc2ccc(-n3nc(C(F)(F)F)cc3OC)cc2)c2c(ncn2C)n1. The summed E-state index contributed by atoms with van der Waals surface area (Å²) in [6.45, 7) is 0.124. The second-order valence-corrected chi connectivity index (χ2v) is 9.23. The van der Waals surface area contributed by atoms with Gasteiger partial charge in [0, 0.05) is 19.0 Å². The normalized spacial score (nSPS) is 13.6. The topological polar surface area (TPSA) is 115 Å².